The Morgan fingerprint density at radius 2 is 1.62 bits per heavy atom. The Kier molecular flexibility index (Phi) is 6.72. The highest BCUT2D eigenvalue weighted by Crippen LogP contribution is 2.39. The number of amides is 2. The number of nitrogens with one attached hydrogen (secondary N) is 1. The molecule has 3 aromatic rings. The fourth-order valence-corrected chi connectivity index (χ4v) is 4.41. The summed E-state index contributed by atoms with van der Waals surface area (Å²) in [7, 11) is 0. The fourth-order valence-electron chi connectivity index (χ4n) is 3.36. The van der Waals surface area contributed by atoms with E-state index in [9.17, 15) is 22.8 Å². The number of nitrogens with zero attached hydrogens (tertiary/aromatic N) is 1. The van der Waals surface area contributed by atoms with Crippen LogP contribution in [0.25, 0.3) is 0 Å². The molecule has 0 radical (unpaired) electrons. The molecule has 0 spiro atoms. The van der Waals surface area contributed by atoms with E-state index in [-0.39, 0.29) is 16.3 Å². The van der Waals surface area contributed by atoms with Gasteiger partial charge in [0.2, 0.25) is 0 Å². The maximum Gasteiger partial charge on any atom is 0.416 e. The summed E-state index contributed by atoms with van der Waals surface area (Å²) < 4.78 is 39.7. The predicted molar refractivity (Wildman–Crippen MR) is 128 cm³/mol. The smallest absolute Gasteiger partial charge is 0.350 e. The Bertz CT molecular complexity index is 1270. The Morgan fingerprint density at radius 3 is 2.24 bits per heavy atom. The Hall–Kier alpha value is -3.23. The lowest BCUT2D eigenvalue weighted by Crippen LogP contribution is -2.32. The van der Waals surface area contributed by atoms with Gasteiger partial charge in [-0.2, -0.15) is 13.2 Å². The van der Waals surface area contributed by atoms with Crippen LogP contribution in [0.4, 0.5) is 24.5 Å². The molecule has 174 valence electrons. The number of carbonyl (C=O) groups excluding carboxylic acids is 2. The highest BCUT2D eigenvalue weighted by molar-refractivity contribution is 8.04. The van der Waals surface area contributed by atoms with Gasteiger partial charge in [0.15, 0.2) is 0 Å². The van der Waals surface area contributed by atoms with Gasteiger partial charge in [0.25, 0.3) is 11.8 Å². The minimum absolute atomic E-state index is 0.00777. The lowest BCUT2D eigenvalue weighted by Gasteiger charge is -2.17. The van der Waals surface area contributed by atoms with E-state index < -0.39 is 23.6 Å². The van der Waals surface area contributed by atoms with Crippen molar-refractivity contribution in [1.82, 2.24) is 0 Å². The number of benzene rings is 3. The third kappa shape index (κ3) is 4.98. The first kappa shape index (κ1) is 23.9. The van der Waals surface area contributed by atoms with Crippen LogP contribution < -0.4 is 10.2 Å². The summed E-state index contributed by atoms with van der Waals surface area (Å²) in [6, 6.07) is 18.2. The van der Waals surface area contributed by atoms with Gasteiger partial charge in [-0.1, -0.05) is 48.5 Å². The van der Waals surface area contributed by atoms with Crippen molar-refractivity contribution in [3.8, 4) is 0 Å². The van der Waals surface area contributed by atoms with Crippen LogP contribution in [-0.2, 0) is 22.2 Å². The van der Waals surface area contributed by atoms with Gasteiger partial charge < -0.3 is 5.32 Å². The summed E-state index contributed by atoms with van der Waals surface area (Å²) in [6.07, 6.45) is -3.78. The minimum atomic E-state index is -4.61. The van der Waals surface area contributed by atoms with E-state index in [1.807, 2.05) is 19.1 Å². The van der Waals surface area contributed by atoms with Crippen LogP contribution in [0, 0.1) is 0 Å². The topological polar surface area (TPSA) is 49.4 Å². The predicted octanol–water partition coefficient (Wildman–Crippen LogP) is 6.91. The Balaban J connectivity index is 1.74. The number of imide groups is 1. The molecular weight excluding hydrogens is 485 g/mol. The van der Waals surface area contributed by atoms with Gasteiger partial charge in [0.1, 0.15) is 10.6 Å². The molecule has 0 atom stereocenters. The average Bonchev–Trinajstić information content (AvgIpc) is 3.04. The van der Waals surface area contributed by atoms with Crippen LogP contribution in [0.3, 0.4) is 0 Å². The monoisotopic (exact) mass is 502 g/mol. The summed E-state index contributed by atoms with van der Waals surface area (Å²) in [6.45, 7) is 2.01. The maximum atomic E-state index is 13.3. The number of anilines is 2. The number of rotatable bonds is 6. The van der Waals surface area contributed by atoms with E-state index >= 15 is 0 Å². The van der Waals surface area contributed by atoms with Gasteiger partial charge in [-0.25, -0.2) is 4.90 Å². The molecule has 0 saturated carbocycles. The molecule has 0 saturated heterocycles. The number of alkyl halides is 3. The Morgan fingerprint density at radius 1 is 0.941 bits per heavy atom. The number of hydrogen-bond donors (Lipinski definition) is 1. The lowest BCUT2D eigenvalue weighted by atomic mass is 10.1. The van der Waals surface area contributed by atoms with Crippen LogP contribution in [0.2, 0.25) is 5.02 Å². The van der Waals surface area contributed by atoms with Gasteiger partial charge in [-0.05, 0) is 66.6 Å². The first-order valence-electron chi connectivity index (χ1n) is 10.3. The largest absolute Gasteiger partial charge is 0.416 e. The number of thioether (sulfide) groups is 1. The lowest BCUT2D eigenvalue weighted by molar-refractivity contribution is -0.137. The second kappa shape index (κ2) is 9.56. The highest BCUT2D eigenvalue weighted by Gasteiger charge is 2.41. The van der Waals surface area contributed by atoms with Crippen molar-refractivity contribution in [3.63, 3.8) is 0 Å². The molecule has 0 aliphatic carbocycles. The Labute approximate surface area is 203 Å². The molecule has 2 amide bonds. The average molecular weight is 503 g/mol. The maximum absolute atomic E-state index is 13.3. The van der Waals surface area contributed by atoms with E-state index in [4.69, 9.17) is 11.6 Å². The third-order valence-electron chi connectivity index (χ3n) is 5.14. The molecule has 9 heteroatoms. The number of aryl methyl sites for hydroxylation is 1. The fraction of sp³-hybridized carbons (Fsp3) is 0.120. The van der Waals surface area contributed by atoms with Crippen LogP contribution in [0.1, 0.15) is 18.1 Å². The van der Waals surface area contributed by atoms with Crippen LogP contribution in [0.15, 0.2) is 88.3 Å². The minimum Gasteiger partial charge on any atom is -0.350 e. The van der Waals surface area contributed by atoms with E-state index in [0.29, 0.717) is 15.6 Å². The van der Waals surface area contributed by atoms with Gasteiger partial charge in [-0.3, -0.25) is 9.59 Å². The first-order valence-corrected chi connectivity index (χ1v) is 11.5. The van der Waals surface area contributed by atoms with Crippen molar-refractivity contribution in [2.75, 3.05) is 10.2 Å². The van der Waals surface area contributed by atoms with Gasteiger partial charge in [0.05, 0.1) is 11.3 Å². The zero-order valence-electron chi connectivity index (χ0n) is 17.8. The van der Waals surface area contributed by atoms with Crippen LogP contribution in [-0.4, -0.2) is 11.8 Å². The SMILES string of the molecule is CCc1ccc(NC2=C(Sc3ccc(Cl)cc3)C(=O)N(c3cccc(C(F)(F)F)c3)C2=O)cc1. The van der Waals surface area contributed by atoms with Crippen molar-refractivity contribution >= 4 is 46.6 Å². The van der Waals surface area contributed by atoms with Crippen molar-refractivity contribution < 1.29 is 22.8 Å². The second-order valence-corrected chi connectivity index (χ2v) is 8.95. The van der Waals surface area contributed by atoms with Crippen molar-refractivity contribution in [2.45, 2.75) is 24.4 Å². The van der Waals surface area contributed by atoms with Crippen molar-refractivity contribution in [2.24, 2.45) is 0 Å². The summed E-state index contributed by atoms with van der Waals surface area (Å²) >= 11 is 6.98. The molecule has 4 rings (SSSR count). The first-order chi connectivity index (χ1) is 16.2. The molecule has 3 aromatic carbocycles. The molecule has 1 aliphatic rings. The van der Waals surface area contributed by atoms with Gasteiger partial charge in [-0.15, -0.1) is 0 Å². The van der Waals surface area contributed by atoms with Crippen LogP contribution in [0.5, 0.6) is 0 Å². The number of hydrogen-bond acceptors (Lipinski definition) is 4. The van der Waals surface area contributed by atoms with E-state index in [2.05, 4.69) is 5.32 Å². The zero-order valence-corrected chi connectivity index (χ0v) is 19.4. The summed E-state index contributed by atoms with van der Waals surface area (Å²) in [5, 5.41) is 3.50. The standard InChI is InChI=1S/C25H18ClF3N2O2S/c1-2-15-6-10-18(11-7-15)30-21-22(34-20-12-8-17(26)9-13-20)24(33)31(23(21)32)19-5-3-4-16(14-19)25(27,28)29/h3-14,30H,2H2,1H3. The molecule has 0 fully saturated rings. The third-order valence-corrected chi connectivity index (χ3v) is 6.48. The zero-order chi connectivity index (χ0) is 24.5. The number of halogens is 4. The molecular formula is C25H18ClF3N2O2S. The quantitative estimate of drug-likeness (QED) is 0.372. The van der Waals surface area contributed by atoms with E-state index in [1.54, 1.807) is 36.4 Å². The molecule has 0 unspecified atom stereocenters. The normalized spacial score (nSPS) is 14.2. The molecule has 1 aliphatic heterocycles. The molecule has 1 N–H and O–H groups in total. The molecule has 34 heavy (non-hydrogen) atoms. The van der Waals surface area contributed by atoms with E-state index in [1.165, 1.54) is 12.1 Å². The van der Waals surface area contributed by atoms with Crippen LogP contribution >= 0.6 is 23.4 Å². The van der Waals surface area contributed by atoms with Gasteiger partial charge >= 0.3 is 6.18 Å². The van der Waals surface area contributed by atoms with Gasteiger partial charge in [0, 0.05) is 15.6 Å². The van der Waals surface area contributed by atoms with Crippen molar-refractivity contribution in [1.29, 1.82) is 0 Å². The molecule has 0 bridgehead atoms. The van der Waals surface area contributed by atoms with E-state index in [0.717, 1.165) is 40.8 Å². The molecule has 1 heterocycles. The summed E-state index contributed by atoms with van der Waals surface area (Å²) in [5.41, 5.74) is 0.556. The molecule has 4 nitrogen and oxygen atoms in total. The van der Waals surface area contributed by atoms with Crippen molar-refractivity contribution in [3.05, 3.63) is 99.5 Å². The number of carbonyl (C=O) groups is 2. The second-order valence-electron chi connectivity index (χ2n) is 7.43. The summed E-state index contributed by atoms with van der Waals surface area (Å²) in [4.78, 5) is 28.1. The molecule has 0 aromatic heterocycles. The summed E-state index contributed by atoms with van der Waals surface area (Å²) in [5.74, 6) is -1.45. The highest BCUT2D eigenvalue weighted by atomic mass is 35.5.